The Hall–Kier alpha value is 0.300. The van der Waals surface area contributed by atoms with Crippen molar-refractivity contribution in [2.75, 3.05) is 19.1 Å². The molecule has 0 aromatic carbocycles. The first-order valence-corrected chi connectivity index (χ1v) is 7.18. The maximum Gasteiger partial charge on any atom is 0.335 e. The van der Waals surface area contributed by atoms with Gasteiger partial charge in [-0.2, -0.15) is 0 Å². The topological polar surface area (TPSA) is 98.7 Å². The molecule has 0 saturated heterocycles. The second-order valence-electron chi connectivity index (χ2n) is 2.20. The highest BCUT2D eigenvalue weighted by atomic mass is 31.2. The average molecular weight is 230 g/mol. The van der Waals surface area contributed by atoms with E-state index in [1.807, 2.05) is 0 Å². The molecule has 80 valence electrons. The molecule has 0 radical (unpaired) electrons. The van der Waals surface area contributed by atoms with Crippen LogP contribution in [0.15, 0.2) is 0 Å². The van der Waals surface area contributed by atoms with Gasteiger partial charge in [0.15, 0.2) is 0 Å². The quantitative estimate of drug-likeness (QED) is 0.601. The van der Waals surface area contributed by atoms with Crippen LogP contribution in [0.25, 0.3) is 0 Å². The summed E-state index contributed by atoms with van der Waals surface area (Å²) in [6.45, 7) is 3.15. The summed E-state index contributed by atoms with van der Waals surface area (Å²) >= 11 is 0. The van der Waals surface area contributed by atoms with E-state index in [2.05, 4.69) is 9.05 Å². The molecule has 0 unspecified atom stereocenters. The lowest BCUT2D eigenvalue weighted by Crippen LogP contribution is -2.18. The van der Waals surface area contributed by atoms with E-state index < -0.39 is 21.1 Å². The van der Waals surface area contributed by atoms with Crippen LogP contribution in [0.3, 0.4) is 0 Å². The largest absolute Gasteiger partial charge is 0.810 e. The molecule has 0 spiro atoms. The summed E-state index contributed by atoms with van der Waals surface area (Å²) in [4.78, 5) is 20.7. The van der Waals surface area contributed by atoms with Crippen LogP contribution in [0, 0.1) is 0 Å². The molecule has 0 aliphatic carbocycles. The lowest BCUT2D eigenvalue weighted by atomic mass is 10.9. The summed E-state index contributed by atoms with van der Waals surface area (Å²) in [5, 5.41) is 0. The van der Waals surface area contributed by atoms with Gasteiger partial charge in [-0.3, -0.25) is 4.57 Å². The summed E-state index contributed by atoms with van der Waals surface area (Å²) in [5.74, 6) is -1.08. The highest BCUT2D eigenvalue weighted by molar-refractivity contribution is 7.69. The summed E-state index contributed by atoms with van der Waals surface area (Å²) < 4.78 is 31.0. The molecule has 0 saturated carbocycles. The van der Waals surface area contributed by atoms with Crippen molar-refractivity contribution in [3.05, 3.63) is 0 Å². The molecule has 0 amide bonds. The van der Waals surface area contributed by atoms with Gasteiger partial charge in [0.1, 0.15) is 0 Å². The third-order valence-corrected chi connectivity index (χ3v) is 5.07. The molecule has 6 nitrogen and oxygen atoms in total. The zero-order valence-electron chi connectivity index (χ0n) is 7.47. The zero-order valence-corrected chi connectivity index (χ0v) is 9.25. The molecule has 0 aromatic heterocycles. The maximum atomic E-state index is 11.4. The van der Waals surface area contributed by atoms with Gasteiger partial charge in [-0.15, -0.1) is 0 Å². The average Bonchev–Trinajstić information content (AvgIpc) is 1.82. The van der Waals surface area contributed by atoms with E-state index >= 15 is 0 Å². The normalized spacial score (nSPS) is 13.2. The Morgan fingerprint density at radius 2 is 1.46 bits per heavy atom. The molecule has 13 heavy (non-hydrogen) atoms. The summed E-state index contributed by atoms with van der Waals surface area (Å²) in [6.07, 6.45) is 0. The SMILES string of the molecule is CCOP(=O)(CP(=O)([O-])[O-])OCC. The fourth-order valence-corrected chi connectivity index (χ4v) is 3.94. The molecular weight excluding hydrogens is 218 g/mol. The minimum Gasteiger partial charge on any atom is -0.810 e. The first-order valence-electron chi connectivity index (χ1n) is 3.72. The van der Waals surface area contributed by atoms with E-state index in [1.165, 1.54) is 13.8 Å². The Morgan fingerprint density at radius 3 is 1.69 bits per heavy atom. The van der Waals surface area contributed by atoms with Crippen molar-refractivity contribution in [1.29, 1.82) is 0 Å². The molecule has 0 atom stereocenters. The van der Waals surface area contributed by atoms with Crippen molar-refractivity contribution in [3.8, 4) is 0 Å². The second kappa shape index (κ2) is 5.25. The summed E-state index contributed by atoms with van der Waals surface area (Å²) in [5.41, 5.74) is 0. The molecule has 0 aromatic rings. The lowest BCUT2D eigenvalue weighted by Gasteiger charge is -2.32. The van der Waals surface area contributed by atoms with Crippen molar-refractivity contribution in [2.24, 2.45) is 0 Å². The molecule has 0 aliphatic rings. The van der Waals surface area contributed by atoms with Gasteiger partial charge in [-0.25, -0.2) is 0 Å². The minimum atomic E-state index is -4.86. The lowest BCUT2D eigenvalue weighted by molar-refractivity contribution is -0.312. The third-order valence-electron chi connectivity index (χ3n) is 0.998. The van der Waals surface area contributed by atoms with Crippen molar-refractivity contribution in [2.45, 2.75) is 13.8 Å². The predicted molar refractivity (Wildman–Crippen MR) is 43.3 cm³/mol. The molecular formula is C5H12O6P2-2. The van der Waals surface area contributed by atoms with Crippen molar-refractivity contribution >= 4 is 15.2 Å². The van der Waals surface area contributed by atoms with E-state index in [9.17, 15) is 18.9 Å². The number of hydrogen-bond acceptors (Lipinski definition) is 6. The Bertz CT molecular complexity index is 223. The Labute approximate surface area is 76.9 Å². The molecule has 0 bridgehead atoms. The van der Waals surface area contributed by atoms with Crippen LogP contribution in [0.2, 0.25) is 0 Å². The van der Waals surface area contributed by atoms with Gasteiger partial charge in [0, 0.05) is 0 Å². The Balaban J connectivity index is 4.42. The third kappa shape index (κ3) is 6.38. The van der Waals surface area contributed by atoms with Crippen LogP contribution >= 0.6 is 15.2 Å². The zero-order chi connectivity index (χ0) is 10.5. The van der Waals surface area contributed by atoms with Gasteiger partial charge in [0.2, 0.25) is 0 Å². The van der Waals surface area contributed by atoms with Gasteiger partial charge < -0.3 is 23.4 Å². The molecule has 0 N–H and O–H groups in total. The molecule has 0 fully saturated rings. The summed E-state index contributed by atoms with van der Waals surface area (Å²) in [7, 11) is -8.59. The van der Waals surface area contributed by atoms with Gasteiger partial charge >= 0.3 is 7.60 Å². The van der Waals surface area contributed by atoms with Crippen molar-refractivity contribution in [3.63, 3.8) is 0 Å². The van der Waals surface area contributed by atoms with Crippen LogP contribution in [-0.2, 0) is 18.2 Å². The second-order valence-corrected chi connectivity index (χ2v) is 6.29. The first-order chi connectivity index (χ1) is 5.83. The van der Waals surface area contributed by atoms with Crippen LogP contribution in [0.1, 0.15) is 13.8 Å². The van der Waals surface area contributed by atoms with Crippen LogP contribution < -0.4 is 9.79 Å². The van der Waals surface area contributed by atoms with E-state index in [0.29, 0.717) is 0 Å². The van der Waals surface area contributed by atoms with Gasteiger partial charge in [0.25, 0.3) is 0 Å². The van der Waals surface area contributed by atoms with Gasteiger partial charge in [0.05, 0.1) is 19.1 Å². The molecule has 0 heterocycles. The smallest absolute Gasteiger partial charge is 0.335 e. The molecule has 8 heteroatoms. The van der Waals surface area contributed by atoms with Gasteiger partial charge in [-0.1, -0.05) is 7.60 Å². The molecule has 0 aliphatic heterocycles. The fourth-order valence-electron chi connectivity index (χ4n) is 0.724. The highest BCUT2D eigenvalue weighted by Gasteiger charge is 2.24. The van der Waals surface area contributed by atoms with Crippen LogP contribution in [0.5, 0.6) is 0 Å². The monoisotopic (exact) mass is 230 g/mol. The van der Waals surface area contributed by atoms with Crippen molar-refractivity contribution in [1.82, 2.24) is 0 Å². The Morgan fingerprint density at radius 1 is 1.08 bits per heavy atom. The van der Waals surface area contributed by atoms with E-state index in [1.54, 1.807) is 0 Å². The fraction of sp³-hybridized carbons (Fsp3) is 1.00. The summed E-state index contributed by atoms with van der Waals surface area (Å²) in [6, 6.07) is 0. The number of rotatable bonds is 6. The van der Waals surface area contributed by atoms with E-state index in [-0.39, 0.29) is 13.2 Å². The highest BCUT2D eigenvalue weighted by Crippen LogP contribution is 2.55. The van der Waals surface area contributed by atoms with Crippen LogP contribution in [0.4, 0.5) is 0 Å². The van der Waals surface area contributed by atoms with E-state index in [4.69, 9.17) is 0 Å². The van der Waals surface area contributed by atoms with Gasteiger partial charge in [-0.05, 0) is 13.8 Å². The predicted octanol–water partition coefficient (Wildman–Crippen LogP) is 0.124. The first kappa shape index (κ1) is 13.3. The van der Waals surface area contributed by atoms with Crippen molar-refractivity contribution < 1.29 is 28.0 Å². The maximum absolute atomic E-state index is 11.4. The molecule has 0 rings (SSSR count). The standard InChI is InChI=1S/C5H14O6P2/c1-3-10-13(9,11-4-2)5-12(6,7)8/h3-5H2,1-2H3,(H2,6,7,8)/p-2. The minimum absolute atomic E-state index is 0.0390. The van der Waals surface area contributed by atoms with Crippen LogP contribution in [-0.4, -0.2) is 19.1 Å². The van der Waals surface area contributed by atoms with E-state index in [0.717, 1.165) is 0 Å². The number of hydrogen-bond donors (Lipinski definition) is 0. The Kier molecular flexibility index (Phi) is 5.37.